The van der Waals surface area contributed by atoms with Crippen molar-refractivity contribution >= 4 is 12.1 Å². The molecule has 0 saturated carbocycles. The van der Waals surface area contributed by atoms with E-state index in [0.29, 0.717) is 6.42 Å². The second-order valence-electron chi connectivity index (χ2n) is 6.88. The molecule has 0 aliphatic carbocycles. The molecule has 1 rings (SSSR count). The topological polar surface area (TPSA) is 75.6 Å². The lowest BCUT2D eigenvalue weighted by Crippen LogP contribution is -2.50. The Balaban J connectivity index is 2.66. The maximum Gasteiger partial charge on any atom is 0.407 e. The highest BCUT2D eigenvalue weighted by Crippen LogP contribution is 2.28. The van der Waals surface area contributed by atoms with Crippen LogP contribution in [-0.2, 0) is 16.0 Å². The third-order valence-corrected chi connectivity index (χ3v) is 3.74. The Labute approximate surface area is 138 Å². The number of rotatable bonds is 8. The van der Waals surface area contributed by atoms with Gasteiger partial charge in [0.2, 0.25) is 0 Å². The molecular weight excluding hydrogens is 294 g/mol. The van der Waals surface area contributed by atoms with Crippen LogP contribution in [0.5, 0.6) is 0 Å². The van der Waals surface area contributed by atoms with Crippen molar-refractivity contribution in [2.24, 2.45) is 11.3 Å². The van der Waals surface area contributed by atoms with E-state index in [1.54, 1.807) is 0 Å². The van der Waals surface area contributed by atoms with Crippen molar-refractivity contribution in [2.45, 2.75) is 46.6 Å². The Morgan fingerprint density at radius 3 is 2.35 bits per heavy atom. The van der Waals surface area contributed by atoms with Gasteiger partial charge in [-0.2, -0.15) is 0 Å². The molecule has 0 spiro atoms. The molecule has 0 bridgehead atoms. The third kappa shape index (κ3) is 6.72. The number of carbonyl (C=O) groups excluding carboxylic acids is 1. The number of benzene rings is 1. The zero-order valence-electron chi connectivity index (χ0n) is 14.3. The molecule has 0 fully saturated rings. The monoisotopic (exact) mass is 321 g/mol. The van der Waals surface area contributed by atoms with Gasteiger partial charge in [0.15, 0.2) is 0 Å². The molecule has 1 unspecified atom stereocenters. The summed E-state index contributed by atoms with van der Waals surface area (Å²) in [6.07, 6.45) is 0.706. The van der Waals surface area contributed by atoms with Gasteiger partial charge in [-0.1, -0.05) is 58.0 Å². The predicted molar refractivity (Wildman–Crippen MR) is 89.3 cm³/mol. The molecule has 1 aromatic rings. The summed E-state index contributed by atoms with van der Waals surface area (Å²) in [5, 5.41) is 11.9. The first-order valence-electron chi connectivity index (χ1n) is 7.92. The van der Waals surface area contributed by atoms with Gasteiger partial charge in [-0.15, -0.1) is 0 Å². The Kier molecular flexibility index (Phi) is 7.07. The Bertz CT molecular complexity index is 511. The van der Waals surface area contributed by atoms with Crippen molar-refractivity contribution in [3.8, 4) is 0 Å². The van der Waals surface area contributed by atoms with E-state index in [9.17, 15) is 14.7 Å². The highest BCUT2D eigenvalue weighted by molar-refractivity contribution is 5.80. The summed E-state index contributed by atoms with van der Waals surface area (Å²) in [7, 11) is 0. The number of aliphatic carboxylic acids is 1. The molecule has 1 aromatic carbocycles. The van der Waals surface area contributed by atoms with Crippen molar-refractivity contribution in [1.82, 2.24) is 5.32 Å². The van der Waals surface area contributed by atoms with Gasteiger partial charge in [0.05, 0.1) is 6.61 Å². The number of ether oxygens (including phenoxy) is 1. The van der Waals surface area contributed by atoms with E-state index in [-0.39, 0.29) is 12.5 Å². The predicted octanol–water partition coefficient (Wildman–Crippen LogP) is 3.48. The van der Waals surface area contributed by atoms with Gasteiger partial charge in [-0.25, -0.2) is 9.59 Å². The summed E-state index contributed by atoms with van der Waals surface area (Å²) in [4.78, 5) is 23.3. The highest BCUT2D eigenvalue weighted by Gasteiger charge is 2.36. The molecule has 2 N–H and O–H groups in total. The second kappa shape index (κ2) is 8.56. The minimum Gasteiger partial charge on any atom is -0.480 e. The molecule has 0 aliphatic heterocycles. The quantitative estimate of drug-likeness (QED) is 0.768. The van der Waals surface area contributed by atoms with Crippen LogP contribution in [0.3, 0.4) is 0 Å². The lowest BCUT2D eigenvalue weighted by atomic mass is 9.79. The van der Waals surface area contributed by atoms with Crippen LogP contribution in [0.25, 0.3) is 0 Å². The van der Waals surface area contributed by atoms with E-state index in [2.05, 4.69) is 5.32 Å². The number of alkyl carbamates (subject to hydrolysis) is 1. The van der Waals surface area contributed by atoms with Gasteiger partial charge in [-0.3, -0.25) is 0 Å². The maximum atomic E-state index is 11.8. The fourth-order valence-corrected chi connectivity index (χ4v) is 2.25. The van der Waals surface area contributed by atoms with Crippen LogP contribution in [0.15, 0.2) is 30.3 Å². The molecule has 0 aromatic heterocycles. The molecule has 1 amide bonds. The van der Waals surface area contributed by atoms with Crippen LogP contribution in [-0.4, -0.2) is 29.8 Å². The zero-order valence-corrected chi connectivity index (χ0v) is 14.3. The molecule has 1 atom stereocenters. The van der Waals surface area contributed by atoms with Gasteiger partial charge in [0.25, 0.3) is 0 Å². The van der Waals surface area contributed by atoms with Gasteiger partial charge in [-0.05, 0) is 29.7 Å². The van der Waals surface area contributed by atoms with Crippen molar-refractivity contribution in [3.05, 3.63) is 35.9 Å². The normalized spacial score (nSPS) is 12.7. The van der Waals surface area contributed by atoms with E-state index < -0.39 is 23.5 Å². The van der Waals surface area contributed by atoms with Gasteiger partial charge in [0.1, 0.15) is 6.04 Å². The minimum absolute atomic E-state index is 0.204. The average Bonchev–Trinajstić information content (AvgIpc) is 2.49. The summed E-state index contributed by atoms with van der Waals surface area (Å²) in [5.41, 5.74) is 0.547. The zero-order chi connectivity index (χ0) is 17.5. The highest BCUT2D eigenvalue weighted by atomic mass is 16.5. The largest absolute Gasteiger partial charge is 0.480 e. The van der Waals surface area contributed by atoms with E-state index in [1.807, 2.05) is 58.0 Å². The van der Waals surface area contributed by atoms with Crippen LogP contribution in [0.4, 0.5) is 4.79 Å². The molecule has 23 heavy (non-hydrogen) atoms. The lowest BCUT2D eigenvalue weighted by molar-refractivity contribution is -0.142. The summed E-state index contributed by atoms with van der Waals surface area (Å²) in [6, 6.07) is 8.88. The molecule has 128 valence electrons. The van der Waals surface area contributed by atoms with E-state index in [1.165, 1.54) is 0 Å². The van der Waals surface area contributed by atoms with Crippen LogP contribution in [0.2, 0.25) is 0 Å². The third-order valence-electron chi connectivity index (χ3n) is 3.74. The SMILES string of the molecule is CC(C)COC(=O)NC(C(=O)O)C(C)(C)CCc1ccccc1. The number of hydrogen-bond acceptors (Lipinski definition) is 3. The summed E-state index contributed by atoms with van der Waals surface area (Å²) in [6.45, 7) is 7.80. The molecule has 0 saturated heterocycles. The van der Waals surface area contributed by atoms with E-state index in [0.717, 1.165) is 12.0 Å². The van der Waals surface area contributed by atoms with E-state index >= 15 is 0 Å². The number of nitrogens with one attached hydrogen (secondary N) is 1. The van der Waals surface area contributed by atoms with Crippen LogP contribution < -0.4 is 5.32 Å². The second-order valence-corrected chi connectivity index (χ2v) is 6.88. The van der Waals surface area contributed by atoms with Crippen molar-refractivity contribution in [2.75, 3.05) is 6.61 Å². The molecule has 0 heterocycles. The standard InChI is InChI=1S/C18H27NO4/c1-13(2)12-23-17(22)19-15(16(20)21)18(3,4)11-10-14-8-6-5-7-9-14/h5-9,13,15H,10-12H2,1-4H3,(H,19,22)(H,20,21). The number of carboxylic acid groups (broad SMARTS) is 1. The molecular formula is C18H27NO4. The minimum atomic E-state index is -1.05. The maximum absolute atomic E-state index is 11.8. The van der Waals surface area contributed by atoms with Gasteiger partial charge >= 0.3 is 12.1 Å². The number of hydrogen-bond donors (Lipinski definition) is 2. The Hall–Kier alpha value is -2.04. The summed E-state index contributed by atoms with van der Waals surface area (Å²) >= 11 is 0. The fourth-order valence-electron chi connectivity index (χ4n) is 2.25. The summed E-state index contributed by atoms with van der Waals surface area (Å²) < 4.78 is 5.03. The molecule has 5 nitrogen and oxygen atoms in total. The van der Waals surface area contributed by atoms with Crippen LogP contribution >= 0.6 is 0 Å². The first-order chi connectivity index (χ1) is 10.7. The first kappa shape index (κ1) is 19.0. The molecule has 0 radical (unpaired) electrons. The smallest absolute Gasteiger partial charge is 0.407 e. The van der Waals surface area contributed by atoms with Crippen molar-refractivity contribution < 1.29 is 19.4 Å². The van der Waals surface area contributed by atoms with Crippen LogP contribution in [0.1, 0.15) is 39.7 Å². The first-order valence-corrected chi connectivity index (χ1v) is 7.92. The van der Waals surface area contributed by atoms with E-state index in [4.69, 9.17) is 4.74 Å². The Morgan fingerprint density at radius 2 is 1.83 bits per heavy atom. The van der Waals surface area contributed by atoms with Gasteiger partial charge in [0, 0.05) is 0 Å². The number of aryl methyl sites for hydroxylation is 1. The van der Waals surface area contributed by atoms with Crippen molar-refractivity contribution in [1.29, 1.82) is 0 Å². The van der Waals surface area contributed by atoms with Crippen molar-refractivity contribution in [3.63, 3.8) is 0 Å². The average molecular weight is 321 g/mol. The number of carbonyl (C=O) groups is 2. The Morgan fingerprint density at radius 1 is 1.22 bits per heavy atom. The van der Waals surface area contributed by atoms with Gasteiger partial charge < -0.3 is 15.2 Å². The van der Waals surface area contributed by atoms with Crippen LogP contribution in [0, 0.1) is 11.3 Å². The lowest BCUT2D eigenvalue weighted by Gasteiger charge is -2.31. The number of amides is 1. The fraction of sp³-hybridized carbons (Fsp3) is 0.556. The molecule has 0 aliphatic rings. The summed E-state index contributed by atoms with van der Waals surface area (Å²) in [5.74, 6) is -0.848. The number of carboxylic acids is 1. The molecule has 5 heteroatoms.